The monoisotopic (exact) mass is 179 g/mol. The number of aromatic nitrogens is 1. The Hall–Kier alpha value is -0.930. The molecule has 1 aromatic rings. The third kappa shape index (κ3) is 1.87. The lowest BCUT2D eigenvalue weighted by Gasteiger charge is -2.15. The van der Waals surface area contributed by atoms with Gasteiger partial charge < -0.3 is 9.84 Å². The molecule has 2 heterocycles. The third-order valence-corrected chi connectivity index (χ3v) is 2.46. The van der Waals surface area contributed by atoms with Crippen LogP contribution in [0.5, 0.6) is 0 Å². The molecule has 1 aliphatic heterocycles. The highest BCUT2D eigenvalue weighted by Gasteiger charge is 2.24. The second kappa shape index (κ2) is 3.85. The van der Waals surface area contributed by atoms with Gasteiger partial charge in [0.05, 0.1) is 12.7 Å². The third-order valence-electron chi connectivity index (χ3n) is 2.46. The first-order valence-corrected chi connectivity index (χ1v) is 4.53. The molecule has 3 heteroatoms. The minimum Gasteiger partial charge on any atom is -0.388 e. The molecule has 1 aliphatic rings. The molecule has 0 amide bonds. The molecule has 1 fully saturated rings. The van der Waals surface area contributed by atoms with Crippen molar-refractivity contribution in [1.82, 2.24) is 4.98 Å². The largest absolute Gasteiger partial charge is 0.388 e. The van der Waals surface area contributed by atoms with E-state index in [2.05, 4.69) is 4.98 Å². The van der Waals surface area contributed by atoms with Gasteiger partial charge in [0.1, 0.15) is 0 Å². The van der Waals surface area contributed by atoms with E-state index >= 15 is 0 Å². The van der Waals surface area contributed by atoms with Gasteiger partial charge in [-0.1, -0.05) is 0 Å². The van der Waals surface area contributed by atoms with Gasteiger partial charge in [-0.3, -0.25) is 4.98 Å². The van der Waals surface area contributed by atoms with E-state index in [9.17, 15) is 5.11 Å². The van der Waals surface area contributed by atoms with Crippen LogP contribution in [0.15, 0.2) is 24.5 Å². The Balaban J connectivity index is 2.08. The number of rotatable bonds is 2. The summed E-state index contributed by atoms with van der Waals surface area (Å²) in [5.41, 5.74) is 0.936. The first-order valence-electron chi connectivity index (χ1n) is 4.53. The van der Waals surface area contributed by atoms with Gasteiger partial charge in [-0.2, -0.15) is 0 Å². The highest BCUT2D eigenvalue weighted by Crippen LogP contribution is 2.27. The van der Waals surface area contributed by atoms with Gasteiger partial charge in [0, 0.05) is 24.9 Å². The topological polar surface area (TPSA) is 42.4 Å². The Labute approximate surface area is 77.4 Å². The summed E-state index contributed by atoms with van der Waals surface area (Å²) in [5.74, 6) is 0.252. The van der Waals surface area contributed by atoms with Crippen LogP contribution in [-0.4, -0.2) is 23.3 Å². The molecule has 1 saturated heterocycles. The zero-order chi connectivity index (χ0) is 9.10. The van der Waals surface area contributed by atoms with Crippen molar-refractivity contribution in [1.29, 1.82) is 0 Å². The van der Waals surface area contributed by atoms with E-state index in [4.69, 9.17) is 4.74 Å². The summed E-state index contributed by atoms with van der Waals surface area (Å²) in [6.45, 7) is 1.44. The first kappa shape index (κ1) is 8.66. The van der Waals surface area contributed by atoms with Crippen LogP contribution in [0.4, 0.5) is 0 Å². The van der Waals surface area contributed by atoms with Crippen LogP contribution < -0.4 is 0 Å². The van der Waals surface area contributed by atoms with Gasteiger partial charge in [0.2, 0.25) is 0 Å². The number of pyridine rings is 1. The second-order valence-electron chi connectivity index (χ2n) is 3.35. The van der Waals surface area contributed by atoms with Crippen molar-refractivity contribution in [2.75, 3.05) is 13.2 Å². The summed E-state index contributed by atoms with van der Waals surface area (Å²) >= 11 is 0. The van der Waals surface area contributed by atoms with Gasteiger partial charge in [0.15, 0.2) is 0 Å². The van der Waals surface area contributed by atoms with E-state index in [0.29, 0.717) is 6.61 Å². The van der Waals surface area contributed by atoms with E-state index in [-0.39, 0.29) is 5.92 Å². The van der Waals surface area contributed by atoms with E-state index in [1.807, 2.05) is 12.1 Å². The van der Waals surface area contributed by atoms with Crippen molar-refractivity contribution in [2.24, 2.45) is 5.92 Å². The quantitative estimate of drug-likeness (QED) is 0.740. The molecular formula is C10H13NO2. The molecule has 0 aromatic carbocycles. The van der Waals surface area contributed by atoms with Gasteiger partial charge >= 0.3 is 0 Å². The van der Waals surface area contributed by atoms with Crippen LogP contribution in [0.2, 0.25) is 0 Å². The Morgan fingerprint density at radius 1 is 1.46 bits per heavy atom. The lowest BCUT2D eigenvalue weighted by molar-refractivity contribution is 0.0917. The molecule has 13 heavy (non-hydrogen) atoms. The van der Waals surface area contributed by atoms with Crippen LogP contribution in [-0.2, 0) is 4.74 Å². The number of ether oxygens (including phenoxy) is 1. The average Bonchev–Trinajstić information content (AvgIpc) is 2.71. The van der Waals surface area contributed by atoms with Gasteiger partial charge in [-0.05, 0) is 24.1 Å². The molecule has 2 atom stereocenters. The van der Waals surface area contributed by atoms with Crippen molar-refractivity contribution in [3.05, 3.63) is 30.1 Å². The summed E-state index contributed by atoms with van der Waals surface area (Å²) in [6.07, 6.45) is 3.96. The lowest BCUT2D eigenvalue weighted by Crippen LogP contribution is -2.12. The van der Waals surface area contributed by atoms with Crippen molar-refractivity contribution < 1.29 is 9.84 Å². The zero-order valence-corrected chi connectivity index (χ0v) is 7.39. The Bertz CT molecular complexity index is 257. The number of hydrogen-bond acceptors (Lipinski definition) is 3. The summed E-state index contributed by atoms with van der Waals surface area (Å²) in [6, 6.07) is 3.70. The lowest BCUT2D eigenvalue weighted by atomic mass is 9.96. The second-order valence-corrected chi connectivity index (χ2v) is 3.35. The molecule has 1 N–H and O–H groups in total. The maximum atomic E-state index is 9.91. The molecule has 0 saturated carbocycles. The van der Waals surface area contributed by atoms with Crippen molar-refractivity contribution in [2.45, 2.75) is 12.5 Å². The van der Waals surface area contributed by atoms with Crippen LogP contribution in [0.1, 0.15) is 18.1 Å². The van der Waals surface area contributed by atoms with Gasteiger partial charge in [-0.15, -0.1) is 0 Å². The highest BCUT2D eigenvalue weighted by molar-refractivity contribution is 5.14. The average molecular weight is 179 g/mol. The molecule has 1 aromatic heterocycles. The van der Waals surface area contributed by atoms with Crippen molar-refractivity contribution in [3.8, 4) is 0 Å². The molecular weight excluding hydrogens is 166 g/mol. The van der Waals surface area contributed by atoms with E-state index in [1.165, 1.54) is 0 Å². The first-order chi connectivity index (χ1) is 6.38. The van der Waals surface area contributed by atoms with E-state index in [1.54, 1.807) is 12.4 Å². The normalized spacial score (nSPS) is 24.5. The fourth-order valence-corrected chi connectivity index (χ4v) is 1.63. The molecule has 0 bridgehead atoms. The maximum absolute atomic E-state index is 9.91. The predicted molar refractivity (Wildman–Crippen MR) is 48.1 cm³/mol. The Morgan fingerprint density at radius 3 is 2.85 bits per heavy atom. The van der Waals surface area contributed by atoms with Crippen molar-refractivity contribution in [3.63, 3.8) is 0 Å². The Kier molecular flexibility index (Phi) is 2.57. The minimum atomic E-state index is -0.398. The number of aliphatic hydroxyl groups is 1. The molecule has 0 aliphatic carbocycles. The highest BCUT2D eigenvalue weighted by atomic mass is 16.5. The summed E-state index contributed by atoms with van der Waals surface area (Å²) in [7, 11) is 0. The Morgan fingerprint density at radius 2 is 2.23 bits per heavy atom. The summed E-state index contributed by atoms with van der Waals surface area (Å²) in [4.78, 5) is 3.91. The fourth-order valence-electron chi connectivity index (χ4n) is 1.63. The minimum absolute atomic E-state index is 0.252. The van der Waals surface area contributed by atoms with Crippen molar-refractivity contribution >= 4 is 0 Å². The predicted octanol–water partition coefficient (Wildman–Crippen LogP) is 1.15. The molecule has 2 unspecified atom stereocenters. The van der Waals surface area contributed by atoms with Gasteiger partial charge in [-0.25, -0.2) is 0 Å². The molecule has 2 rings (SSSR count). The van der Waals surface area contributed by atoms with Crippen LogP contribution in [0.3, 0.4) is 0 Å². The number of hydrogen-bond donors (Lipinski definition) is 1. The molecule has 0 radical (unpaired) electrons. The molecule has 3 nitrogen and oxygen atoms in total. The molecule has 70 valence electrons. The maximum Gasteiger partial charge on any atom is 0.0842 e. The standard InChI is InChI=1S/C10H13NO2/c12-10(9-3-6-13-7-9)8-1-4-11-5-2-8/h1-2,4-5,9-10,12H,3,6-7H2. The number of nitrogens with zero attached hydrogens (tertiary/aromatic N) is 1. The molecule has 0 spiro atoms. The SMILES string of the molecule is OC(c1ccncc1)C1CCOC1. The van der Waals surface area contributed by atoms with E-state index < -0.39 is 6.10 Å². The smallest absolute Gasteiger partial charge is 0.0842 e. The number of aliphatic hydroxyl groups excluding tert-OH is 1. The van der Waals surface area contributed by atoms with Gasteiger partial charge in [0.25, 0.3) is 0 Å². The summed E-state index contributed by atoms with van der Waals surface area (Å²) in [5, 5.41) is 9.91. The van der Waals surface area contributed by atoms with E-state index in [0.717, 1.165) is 18.6 Å². The zero-order valence-electron chi connectivity index (χ0n) is 7.39. The van der Waals surface area contributed by atoms with Crippen LogP contribution in [0.25, 0.3) is 0 Å². The van der Waals surface area contributed by atoms with Crippen LogP contribution >= 0.6 is 0 Å². The fraction of sp³-hybridized carbons (Fsp3) is 0.500. The van der Waals surface area contributed by atoms with Crippen LogP contribution in [0, 0.1) is 5.92 Å². The summed E-state index contributed by atoms with van der Waals surface area (Å²) < 4.78 is 5.22.